The van der Waals surface area contributed by atoms with Crippen molar-refractivity contribution in [3.63, 3.8) is 0 Å². The van der Waals surface area contributed by atoms with Gasteiger partial charge in [0, 0.05) is 6.61 Å². The van der Waals surface area contributed by atoms with Crippen LogP contribution >= 0.6 is 0 Å². The molecule has 0 aliphatic rings. The molecule has 0 radical (unpaired) electrons. The van der Waals surface area contributed by atoms with Crippen LogP contribution < -0.4 is 0 Å². The third-order valence-corrected chi connectivity index (χ3v) is 0.812. The lowest BCUT2D eigenvalue weighted by molar-refractivity contribution is 0.0370. The molecule has 0 saturated carbocycles. The summed E-state index contributed by atoms with van der Waals surface area (Å²) in [6.45, 7) is 9.61. The third kappa shape index (κ3) is 22.6. The van der Waals surface area contributed by atoms with Crippen molar-refractivity contribution in [2.75, 3.05) is 33.0 Å². The van der Waals surface area contributed by atoms with Crippen molar-refractivity contribution in [2.45, 2.75) is 13.8 Å². The van der Waals surface area contributed by atoms with E-state index in [9.17, 15) is 0 Å². The van der Waals surface area contributed by atoms with Gasteiger partial charge in [0.2, 0.25) is 0 Å². The Balaban J connectivity index is 0. The summed E-state index contributed by atoms with van der Waals surface area (Å²) in [5, 5.41) is 8.26. The van der Waals surface area contributed by atoms with Crippen LogP contribution in [-0.4, -0.2) is 38.1 Å². The van der Waals surface area contributed by atoms with Crippen LogP contribution in [0.25, 0.3) is 0 Å². The van der Waals surface area contributed by atoms with Gasteiger partial charge < -0.3 is 14.6 Å². The summed E-state index contributed by atoms with van der Waals surface area (Å²) in [5.41, 5.74) is 0. The SMILES string of the molecule is C=CC.CCOCCOCCO. The molecule has 1 N–H and O–H groups in total. The van der Waals surface area contributed by atoms with Crippen molar-refractivity contribution < 1.29 is 14.6 Å². The first-order chi connectivity index (χ1) is 5.83. The second-order valence-electron chi connectivity index (χ2n) is 1.94. The Morgan fingerprint density at radius 1 is 1.25 bits per heavy atom. The molecule has 0 aromatic carbocycles. The van der Waals surface area contributed by atoms with E-state index in [1.165, 1.54) is 0 Å². The first-order valence-electron chi connectivity index (χ1n) is 4.16. The zero-order valence-electron chi connectivity index (χ0n) is 8.08. The summed E-state index contributed by atoms with van der Waals surface area (Å²) in [5.74, 6) is 0. The predicted molar refractivity (Wildman–Crippen MR) is 50.3 cm³/mol. The van der Waals surface area contributed by atoms with E-state index in [1.807, 2.05) is 13.8 Å². The Morgan fingerprint density at radius 3 is 2.17 bits per heavy atom. The maximum atomic E-state index is 8.26. The van der Waals surface area contributed by atoms with Gasteiger partial charge in [-0.05, 0) is 13.8 Å². The molecule has 3 nitrogen and oxygen atoms in total. The first-order valence-corrected chi connectivity index (χ1v) is 4.16. The number of ether oxygens (including phenoxy) is 2. The van der Waals surface area contributed by atoms with Crippen LogP contribution in [0.3, 0.4) is 0 Å². The van der Waals surface area contributed by atoms with Crippen LogP contribution in [0.5, 0.6) is 0 Å². The van der Waals surface area contributed by atoms with Crippen molar-refractivity contribution in [3.8, 4) is 0 Å². The molecular weight excluding hydrogens is 156 g/mol. The maximum absolute atomic E-state index is 8.26. The molecule has 0 aromatic rings. The van der Waals surface area contributed by atoms with Crippen molar-refractivity contribution in [1.29, 1.82) is 0 Å². The molecule has 0 unspecified atom stereocenters. The molecule has 0 aliphatic carbocycles. The van der Waals surface area contributed by atoms with E-state index in [1.54, 1.807) is 6.08 Å². The summed E-state index contributed by atoms with van der Waals surface area (Å²) in [4.78, 5) is 0. The first kappa shape index (κ1) is 14.2. The second-order valence-corrected chi connectivity index (χ2v) is 1.94. The molecule has 0 aromatic heterocycles. The van der Waals surface area contributed by atoms with Gasteiger partial charge >= 0.3 is 0 Å². The van der Waals surface area contributed by atoms with Crippen LogP contribution in [0, 0.1) is 0 Å². The number of hydrogen-bond acceptors (Lipinski definition) is 3. The van der Waals surface area contributed by atoms with Crippen molar-refractivity contribution in [2.24, 2.45) is 0 Å². The molecule has 0 heterocycles. The van der Waals surface area contributed by atoms with E-state index < -0.39 is 0 Å². The highest BCUT2D eigenvalue weighted by Gasteiger charge is 1.84. The summed E-state index contributed by atoms with van der Waals surface area (Å²) in [6, 6.07) is 0. The highest BCUT2D eigenvalue weighted by Crippen LogP contribution is 1.76. The van der Waals surface area contributed by atoms with E-state index in [0.717, 1.165) is 6.61 Å². The van der Waals surface area contributed by atoms with Crippen LogP contribution in [0.2, 0.25) is 0 Å². The molecule has 0 saturated heterocycles. The Bertz CT molecular complexity index is 68.2. The minimum Gasteiger partial charge on any atom is -0.394 e. The summed E-state index contributed by atoms with van der Waals surface area (Å²) in [6.07, 6.45) is 1.75. The van der Waals surface area contributed by atoms with E-state index in [2.05, 4.69) is 6.58 Å². The van der Waals surface area contributed by atoms with Crippen molar-refractivity contribution in [3.05, 3.63) is 12.7 Å². The van der Waals surface area contributed by atoms with Crippen LogP contribution in [-0.2, 0) is 9.47 Å². The van der Waals surface area contributed by atoms with Gasteiger partial charge in [0.15, 0.2) is 0 Å². The zero-order chi connectivity index (χ0) is 9.66. The zero-order valence-corrected chi connectivity index (χ0v) is 8.08. The van der Waals surface area contributed by atoms with E-state index in [0.29, 0.717) is 19.8 Å². The lowest BCUT2D eigenvalue weighted by Gasteiger charge is -2.00. The van der Waals surface area contributed by atoms with Crippen molar-refractivity contribution in [1.82, 2.24) is 0 Å². The minimum atomic E-state index is 0.0894. The lowest BCUT2D eigenvalue weighted by Crippen LogP contribution is -2.06. The molecule has 0 rings (SSSR count). The average Bonchev–Trinajstić information content (AvgIpc) is 2.06. The number of hydrogen-bond donors (Lipinski definition) is 1. The van der Waals surface area contributed by atoms with Gasteiger partial charge in [-0.2, -0.15) is 0 Å². The van der Waals surface area contributed by atoms with Gasteiger partial charge in [-0.25, -0.2) is 0 Å². The monoisotopic (exact) mass is 176 g/mol. The summed E-state index contributed by atoms with van der Waals surface area (Å²) < 4.78 is 9.88. The van der Waals surface area contributed by atoms with Crippen molar-refractivity contribution >= 4 is 0 Å². The highest BCUT2D eigenvalue weighted by atomic mass is 16.5. The fourth-order valence-corrected chi connectivity index (χ4v) is 0.429. The normalized spacial score (nSPS) is 8.58. The van der Waals surface area contributed by atoms with E-state index >= 15 is 0 Å². The van der Waals surface area contributed by atoms with Gasteiger partial charge in [-0.1, -0.05) is 6.08 Å². The second kappa shape index (κ2) is 16.9. The smallest absolute Gasteiger partial charge is 0.0701 e. The Labute approximate surface area is 75.0 Å². The van der Waals surface area contributed by atoms with E-state index in [-0.39, 0.29) is 6.61 Å². The predicted octanol–water partition coefficient (Wildman–Crippen LogP) is 1.22. The number of aliphatic hydroxyl groups is 1. The fourth-order valence-electron chi connectivity index (χ4n) is 0.429. The molecule has 0 fully saturated rings. The average molecular weight is 176 g/mol. The number of aliphatic hydroxyl groups excluding tert-OH is 1. The van der Waals surface area contributed by atoms with Gasteiger partial charge in [-0.15, -0.1) is 6.58 Å². The quantitative estimate of drug-likeness (QED) is 0.488. The standard InChI is InChI=1S/C6H14O3.C3H6/c1-2-8-5-6-9-4-3-7;1-3-2/h7H,2-6H2,1H3;3H,1H2,2H3. The highest BCUT2D eigenvalue weighted by molar-refractivity contribution is 4.51. The van der Waals surface area contributed by atoms with Gasteiger partial charge in [0.25, 0.3) is 0 Å². The summed E-state index contributed by atoms with van der Waals surface area (Å²) >= 11 is 0. The molecular formula is C9H20O3. The number of allylic oxidation sites excluding steroid dienone is 1. The fraction of sp³-hybridized carbons (Fsp3) is 0.778. The maximum Gasteiger partial charge on any atom is 0.0701 e. The van der Waals surface area contributed by atoms with Gasteiger partial charge in [0.1, 0.15) is 0 Å². The topological polar surface area (TPSA) is 38.7 Å². The number of rotatable bonds is 6. The minimum absolute atomic E-state index is 0.0894. The Morgan fingerprint density at radius 2 is 1.75 bits per heavy atom. The summed E-state index contributed by atoms with van der Waals surface area (Å²) in [7, 11) is 0. The molecule has 74 valence electrons. The largest absolute Gasteiger partial charge is 0.394 e. The lowest BCUT2D eigenvalue weighted by atomic mass is 10.7. The molecule has 0 spiro atoms. The molecule has 0 bridgehead atoms. The van der Waals surface area contributed by atoms with Gasteiger partial charge in [0.05, 0.1) is 26.4 Å². The molecule has 0 atom stereocenters. The Hall–Kier alpha value is -0.380. The molecule has 0 aliphatic heterocycles. The molecule has 0 amide bonds. The van der Waals surface area contributed by atoms with Crippen LogP contribution in [0.1, 0.15) is 13.8 Å². The van der Waals surface area contributed by atoms with E-state index in [4.69, 9.17) is 14.6 Å². The van der Waals surface area contributed by atoms with Gasteiger partial charge in [-0.3, -0.25) is 0 Å². The third-order valence-electron chi connectivity index (χ3n) is 0.812. The Kier molecular flexibility index (Phi) is 20.0. The molecule has 12 heavy (non-hydrogen) atoms. The van der Waals surface area contributed by atoms with Crippen LogP contribution in [0.15, 0.2) is 12.7 Å². The molecule has 3 heteroatoms. The van der Waals surface area contributed by atoms with Crippen LogP contribution in [0.4, 0.5) is 0 Å².